The third-order valence-corrected chi connectivity index (χ3v) is 7.91. The van der Waals surface area contributed by atoms with Crippen LogP contribution in [-0.4, -0.2) is 55.9 Å². The van der Waals surface area contributed by atoms with Crippen LogP contribution >= 0.6 is 0 Å². The zero-order valence-electron chi connectivity index (χ0n) is 18.2. The number of likely N-dealkylation sites (N-methyl/N-ethyl adjacent to an activating group) is 1. The fourth-order valence-electron chi connectivity index (χ4n) is 4.61. The number of nitrogens with zero attached hydrogens (tertiary/aromatic N) is 4. The number of aryl methyl sites for hydroxylation is 1. The molecule has 1 aromatic heterocycles. The van der Waals surface area contributed by atoms with Crippen LogP contribution in [0.5, 0.6) is 0 Å². The number of rotatable bonds is 5. The molecule has 2 fully saturated rings. The summed E-state index contributed by atoms with van der Waals surface area (Å²) in [4.78, 5) is 4.24. The quantitative estimate of drug-likeness (QED) is 0.552. The van der Waals surface area contributed by atoms with Gasteiger partial charge in [-0.3, -0.25) is 4.90 Å². The molecule has 0 bridgehead atoms. The molecular weight excluding hydrogens is 424 g/mol. The minimum absolute atomic E-state index is 0.153. The lowest BCUT2D eigenvalue weighted by atomic mass is 9.79. The number of fused-ring (bicyclic) bond motifs is 1. The van der Waals surface area contributed by atoms with Crippen LogP contribution in [0.25, 0.3) is 11.3 Å². The normalized spacial score (nSPS) is 23.4. The van der Waals surface area contributed by atoms with Gasteiger partial charge < -0.3 is 4.90 Å². The Morgan fingerprint density at radius 3 is 2.41 bits per heavy atom. The summed E-state index contributed by atoms with van der Waals surface area (Å²) in [6.45, 7) is 3.94. The van der Waals surface area contributed by atoms with Crippen molar-refractivity contribution in [2.45, 2.75) is 24.0 Å². The Hall–Kier alpha value is -2.81. The van der Waals surface area contributed by atoms with Crippen LogP contribution in [-0.2, 0) is 14.3 Å². The summed E-state index contributed by atoms with van der Waals surface area (Å²) in [5.74, 6) is 0.875. The van der Waals surface area contributed by atoms with E-state index >= 15 is 0 Å². The van der Waals surface area contributed by atoms with E-state index in [1.165, 1.54) is 0 Å². The van der Waals surface area contributed by atoms with Gasteiger partial charge in [-0.2, -0.15) is 8.42 Å². The van der Waals surface area contributed by atoms with Crippen molar-refractivity contribution in [1.82, 2.24) is 15.1 Å². The van der Waals surface area contributed by atoms with Crippen LogP contribution in [0, 0.1) is 12.8 Å². The van der Waals surface area contributed by atoms with Crippen molar-refractivity contribution < 1.29 is 12.6 Å². The van der Waals surface area contributed by atoms with Gasteiger partial charge in [-0.25, -0.2) is 4.18 Å². The second-order valence-corrected chi connectivity index (χ2v) is 10.2. The van der Waals surface area contributed by atoms with Crippen molar-refractivity contribution in [1.29, 1.82) is 0 Å². The molecule has 2 unspecified atom stereocenters. The maximum absolute atomic E-state index is 13.1. The zero-order valence-corrected chi connectivity index (χ0v) is 19.0. The summed E-state index contributed by atoms with van der Waals surface area (Å²) in [5.41, 5.74) is 1.91. The number of hydrogen-bond donors (Lipinski definition) is 0. The molecule has 2 aliphatic rings. The van der Waals surface area contributed by atoms with Crippen LogP contribution in [0.2, 0.25) is 0 Å². The van der Waals surface area contributed by atoms with Gasteiger partial charge in [0.15, 0.2) is 11.5 Å². The molecule has 0 N–H and O–H groups in total. The van der Waals surface area contributed by atoms with Crippen LogP contribution in [0.4, 0.5) is 5.82 Å². The fraction of sp³-hybridized carbons (Fsp3) is 0.333. The minimum atomic E-state index is -3.90. The number of anilines is 1. The second kappa shape index (κ2) is 7.95. The maximum Gasteiger partial charge on any atom is 0.298 e. The first-order valence-electron chi connectivity index (χ1n) is 10.8. The molecule has 166 valence electrons. The summed E-state index contributed by atoms with van der Waals surface area (Å²) < 4.78 is 32.1. The molecule has 0 spiro atoms. The van der Waals surface area contributed by atoms with Gasteiger partial charge in [-0.05, 0) is 44.7 Å². The highest BCUT2D eigenvalue weighted by Gasteiger charge is 2.58. The van der Waals surface area contributed by atoms with E-state index in [1.54, 1.807) is 24.3 Å². The van der Waals surface area contributed by atoms with Crippen molar-refractivity contribution in [2.24, 2.45) is 5.92 Å². The Morgan fingerprint density at radius 1 is 1.00 bits per heavy atom. The Kier molecular flexibility index (Phi) is 5.23. The third kappa shape index (κ3) is 3.68. The smallest absolute Gasteiger partial charge is 0.298 e. The minimum Gasteiger partial charge on any atom is -0.351 e. The molecule has 2 aromatic carbocycles. The molecule has 32 heavy (non-hydrogen) atoms. The van der Waals surface area contributed by atoms with Gasteiger partial charge in [0.1, 0.15) is 0 Å². The van der Waals surface area contributed by atoms with Crippen molar-refractivity contribution >= 4 is 15.9 Å². The predicted octanol–water partition coefficient (Wildman–Crippen LogP) is 3.33. The SMILES string of the molecule is Cc1ccc(S(=O)(=O)OC23CN(c4ccc(-c5ccccc5)nn4)CCC2CN3C)cc1. The predicted molar refractivity (Wildman–Crippen MR) is 123 cm³/mol. The average molecular weight is 451 g/mol. The molecule has 2 atom stereocenters. The van der Waals surface area contributed by atoms with Gasteiger partial charge in [-0.1, -0.05) is 48.0 Å². The molecule has 5 rings (SSSR count). The van der Waals surface area contributed by atoms with E-state index in [2.05, 4.69) is 15.1 Å². The standard InChI is InChI=1S/C24H26N4O3S/c1-18-8-10-21(11-9-18)32(29,30)31-24-17-28(15-14-20(24)16-27(24)2)23-13-12-22(25-26-23)19-6-4-3-5-7-19/h3-13,20H,14-17H2,1-2H3. The molecular formula is C24H26N4O3S. The molecule has 0 saturated carbocycles. The van der Waals surface area contributed by atoms with E-state index in [-0.39, 0.29) is 10.8 Å². The Bertz CT molecular complexity index is 1200. The molecule has 3 heterocycles. The largest absolute Gasteiger partial charge is 0.351 e. The highest BCUT2D eigenvalue weighted by atomic mass is 32.2. The molecule has 0 aliphatic carbocycles. The van der Waals surface area contributed by atoms with Crippen molar-refractivity contribution in [3.63, 3.8) is 0 Å². The third-order valence-electron chi connectivity index (χ3n) is 6.55. The number of hydrogen-bond acceptors (Lipinski definition) is 7. The highest BCUT2D eigenvalue weighted by Crippen LogP contribution is 2.45. The van der Waals surface area contributed by atoms with Crippen molar-refractivity contribution in [2.75, 3.05) is 31.6 Å². The molecule has 8 heteroatoms. The van der Waals surface area contributed by atoms with Crippen LogP contribution in [0.1, 0.15) is 12.0 Å². The summed E-state index contributed by atoms with van der Waals surface area (Å²) in [7, 11) is -1.99. The number of benzene rings is 2. The van der Waals surface area contributed by atoms with Gasteiger partial charge in [-0.15, -0.1) is 10.2 Å². The number of aromatic nitrogens is 2. The first-order chi connectivity index (χ1) is 15.4. The zero-order chi connectivity index (χ0) is 22.3. The van der Waals surface area contributed by atoms with Gasteiger partial charge in [0.2, 0.25) is 0 Å². The monoisotopic (exact) mass is 450 g/mol. The summed E-state index contributed by atoms with van der Waals surface area (Å²) in [6.07, 6.45) is 0.829. The first-order valence-corrected chi connectivity index (χ1v) is 12.2. The lowest BCUT2D eigenvalue weighted by Crippen LogP contribution is -2.74. The molecule has 7 nitrogen and oxygen atoms in total. The maximum atomic E-state index is 13.1. The Morgan fingerprint density at radius 2 is 1.75 bits per heavy atom. The summed E-state index contributed by atoms with van der Waals surface area (Å²) in [6, 6.07) is 20.6. The second-order valence-electron chi connectivity index (χ2n) is 8.63. The molecule has 2 saturated heterocycles. The van der Waals surface area contributed by atoms with Gasteiger partial charge in [0.25, 0.3) is 10.1 Å². The topological polar surface area (TPSA) is 75.6 Å². The Balaban J connectivity index is 1.39. The van der Waals surface area contributed by atoms with Crippen LogP contribution < -0.4 is 4.90 Å². The van der Waals surface area contributed by atoms with Crippen LogP contribution in [0.15, 0.2) is 71.6 Å². The lowest BCUT2D eigenvalue weighted by Gasteiger charge is -2.60. The van der Waals surface area contributed by atoms with Gasteiger partial charge in [0.05, 0.1) is 17.1 Å². The van der Waals surface area contributed by atoms with E-state index in [1.807, 2.05) is 61.3 Å². The van der Waals surface area contributed by atoms with Crippen LogP contribution in [0.3, 0.4) is 0 Å². The lowest BCUT2D eigenvalue weighted by molar-refractivity contribution is -0.199. The first kappa shape index (κ1) is 21.1. The molecule has 0 radical (unpaired) electrons. The van der Waals surface area contributed by atoms with E-state index in [4.69, 9.17) is 4.18 Å². The van der Waals surface area contributed by atoms with E-state index in [0.717, 1.165) is 42.1 Å². The summed E-state index contributed by atoms with van der Waals surface area (Å²) >= 11 is 0. The molecule has 2 aliphatic heterocycles. The van der Waals surface area contributed by atoms with E-state index in [0.29, 0.717) is 6.54 Å². The van der Waals surface area contributed by atoms with Gasteiger partial charge in [0, 0.05) is 24.6 Å². The van der Waals surface area contributed by atoms with E-state index in [9.17, 15) is 8.42 Å². The average Bonchev–Trinajstić information content (AvgIpc) is 2.80. The van der Waals surface area contributed by atoms with E-state index < -0.39 is 15.8 Å². The van der Waals surface area contributed by atoms with Gasteiger partial charge >= 0.3 is 0 Å². The van der Waals surface area contributed by atoms with Crippen molar-refractivity contribution in [3.8, 4) is 11.3 Å². The molecule has 0 amide bonds. The molecule has 3 aromatic rings. The summed E-state index contributed by atoms with van der Waals surface area (Å²) in [5, 5.41) is 8.83. The number of likely N-dealkylation sites (tertiary alicyclic amines) is 1. The van der Waals surface area contributed by atoms with Crippen molar-refractivity contribution in [3.05, 3.63) is 72.3 Å². The number of piperidine rings is 1. The Labute approximate surface area is 188 Å². The fourth-order valence-corrected chi connectivity index (χ4v) is 5.87. The highest BCUT2D eigenvalue weighted by molar-refractivity contribution is 7.86.